The topological polar surface area (TPSA) is 69.7 Å². The fraction of sp³-hybridized carbons (Fsp3) is 0.615. The highest BCUT2D eigenvalue weighted by Gasteiger charge is 2.19. The van der Waals surface area contributed by atoms with Crippen molar-refractivity contribution in [2.24, 2.45) is 5.92 Å². The summed E-state index contributed by atoms with van der Waals surface area (Å²) in [6.07, 6.45) is 5.84. The largest absolute Gasteiger partial charge is 0.355 e. The molecule has 0 radical (unpaired) electrons. The Morgan fingerprint density at radius 2 is 2.32 bits per heavy atom. The highest BCUT2D eigenvalue weighted by Crippen LogP contribution is 2.22. The van der Waals surface area contributed by atoms with Gasteiger partial charge in [0.25, 0.3) is 0 Å². The second-order valence-corrected chi connectivity index (χ2v) is 5.05. The van der Waals surface area contributed by atoms with Crippen molar-refractivity contribution in [3.05, 3.63) is 12.7 Å². The van der Waals surface area contributed by atoms with E-state index in [-0.39, 0.29) is 0 Å². The van der Waals surface area contributed by atoms with Gasteiger partial charge in [-0.1, -0.05) is 0 Å². The molecule has 0 aromatic carbocycles. The number of anilines is 1. The molecule has 3 heterocycles. The Balaban J connectivity index is 1.82. The van der Waals surface area contributed by atoms with Crippen molar-refractivity contribution in [1.29, 1.82) is 0 Å². The van der Waals surface area contributed by atoms with Crippen LogP contribution in [0.3, 0.4) is 0 Å². The summed E-state index contributed by atoms with van der Waals surface area (Å²) in [5.41, 5.74) is 1.68. The van der Waals surface area contributed by atoms with Crippen molar-refractivity contribution in [2.45, 2.75) is 19.8 Å². The molecule has 0 amide bonds. The zero-order valence-electron chi connectivity index (χ0n) is 11.3. The lowest BCUT2D eigenvalue weighted by atomic mass is 9.99. The summed E-state index contributed by atoms with van der Waals surface area (Å²) in [7, 11) is 0. The molecule has 1 aliphatic heterocycles. The number of imidazole rings is 1. The first-order chi connectivity index (χ1) is 9.38. The quantitative estimate of drug-likeness (QED) is 0.864. The van der Waals surface area contributed by atoms with Gasteiger partial charge in [-0.05, 0) is 38.8 Å². The Bertz CT molecular complexity index is 531. The van der Waals surface area contributed by atoms with Crippen LogP contribution in [-0.4, -0.2) is 46.1 Å². The summed E-state index contributed by atoms with van der Waals surface area (Å²) in [5, 5.41) is 3.47. The number of nitrogens with zero attached hydrogens (tertiary/aromatic N) is 4. The number of nitrogens with one attached hydrogen (secondary N) is 2. The van der Waals surface area contributed by atoms with Crippen molar-refractivity contribution < 1.29 is 0 Å². The average Bonchev–Trinajstić information content (AvgIpc) is 2.94. The molecule has 0 aliphatic carbocycles. The minimum Gasteiger partial charge on any atom is -0.355 e. The van der Waals surface area contributed by atoms with Crippen molar-refractivity contribution in [2.75, 3.05) is 31.1 Å². The molecular weight excluding hydrogens is 240 g/mol. The van der Waals surface area contributed by atoms with E-state index < -0.39 is 0 Å². The fourth-order valence-corrected chi connectivity index (χ4v) is 2.75. The summed E-state index contributed by atoms with van der Waals surface area (Å²) < 4.78 is 0. The number of hydrogen-bond acceptors (Lipinski definition) is 5. The van der Waals surface area contributed by atoms with Gasteiger partial charge in [0.05, 0.1) is 6.33 Å². The summed E-state index contributed by atoms with van der Waals surface area (Å²) in [6.45, 7) is 6.41. The molecule has 6 heteroatoms. The lowest BCUT2D eigenvalue weighted by Crippen LogP contribution is -2.38. The van der Waals surface area contributed by atoms with E-state index in [4.69, 9.17) is 0 Å². The molecule has 1 saturated heterocycles. The third-order valence-corrected chi connectivity index (χ3v) is 3.76. The Morgan fingerprint density at radius 1 is 1.37 bits per heavy atom. The molecule has 2 aromatic heterocycles. The van der Waals surface area contributed by atoms with E-state index in [9.17, 15) is 0 Å². The Kier molecular flexibility index (Phi) is 3.59. The molecule has 0 saturated carbocycles. The van der Waals surface area contributed by atoms with E-state index >= 15 is 0 Å². The van der Waals surface area contributed by atoms with Crippen LogP contribution in [0.2, 0.25) is 0 Å². The minimum absolute atomic E-state index is 0.696. The maximum atomic E-state index is 4.44. The van der Waals surface area contributed by atoms with E-state index in [1.807, 2.05) is 0 Å². The van der Waals surface area contributed by atoms with Gasteiger partial charge < -0.3 is 15.2 Å². The van der Waals surface area contributed by atoms with Crippen LogP contribution in [0.25, 0.3) is 11.2 Å². The number of rotatable bonds is 4. The molecule has 1 unspecified atom stereocenters. The first kappa shape index (κ1) is 12.3. The zero-order chi connectivity index (χ0) is 13.1. The zero-order valence-corrected chi connectivity index (χ0v) is 11.3. The highest BCUT2D eigenvalue weighted by molar-refractivity contribution is 5.82. The molecule has 0 spiro atoms. The van der Waals surface area contributed by atoms with Gasteiger partial charge in [0.1, 0.15) is 11.8 Å². The highest BCUT2D eigenvalue weighted by atomic mass is 15.2. The molecule has 1 aliphatic rings. The molecule has 1 atom stereocenters. The van der Waals surface area contributed by atoms with Gasteiger partial charge in [-0.2, -0.15) is 0 Å². The normalized spacial score (nSPS) is 19.7. The number of aromatic amines is 1. The maximum Gasteiger partial charge on any atom is 0.182 e. The molecule has 102 valence electrons. The van der Waals surface area contributed by atoms with E-state index in [0.717, 1.165) is 43.2 Å². The van der Waals surface area contributed by atoms with Crippen molar-refractivity contribution >= 4 is 17.0 Å². The van der Waals surface area contributed by atoms with E-state index in [2.05, 4.69) is 37.1 Å². The number of H-pyrrole nitrogens is 1. The molecule has 2 N–H and O–H groups in total. The van der Waals surface area contributed by atoms with Crippen LogP contribution < -0.4 is 10.2 Å². The number of hydrogen-bond donors (Lipinski definition) is 2. The van der Waals surface area contributed by atoms with Gasteiger partial charge in [-0.15, -0.1) is 0 Å². The predicted octanol–water partition coefficient (Wildman–Crippen LogP) is 1.18. The monoisotopic (exact) mass is 260 g/mol. The number of aromatic nitrogens is 4. The smallest absolute Gasteiger partial charge is 0.182 e. The summed E-state index contributed by atoms with van der Waals surface area (Å²) >= 11 is 0. The molecule has 19 heavy (non-hydrogen) atoms. The Hall–Kier alpha value is -1.69. The van der Waals surface area contributed by atoms with E-state index in [1.165, 1.54) is 12.8 Å². The molecule has 2 aromatic rings. The summed E-state index contributed by atoms with van der Waals surface area (Å²) in [4.78, 5) is 18.3. The first-order valence-corrected chi connectivity index (χ1v) is 6.98. The summed E-state index contributed by atoms with van der Waals surface area (Å²) in [5.74, 6) is 1.66. The summed E-state index contributed by atoms with van der Waals surface area (Å²) in [6, 6.07) is 0. The fourth-order valence-electron chi connectivity index (χ4n) is 2.75. The van der Waals surface area contributed by atoms with Crippen molar-refractivity contribution in [3.63, 3.8) is 0 Å². The third kappa shape index (κ3) is 2.53. The van der Waals surface area contributed by atoms with Crippen LogP contribution in [0.1, 0.15) is 19.8 Å². The predicted molar refractivity (Wildman–Crippen MR) is 75.2 cm³/mol. The molecule has 3 rings (SSSR count). The lowest BCUT2D eigenvalue weighted by Gasteiger charge is -2.30. The second-order valence-electron chi connectivity index (χ2n) is 5.05. The number of piperidine rings is 1. The average molecular weight is 260 g/mol. The molecule has 6 nitrogen and oxygen atoms in total. The molecule has 0 bridgehead atoms. The minimum atomic E-state index is 0.696. The van der Waals surface area contributed by atoms with Crippen LogP contribution in [-0.2, 0) is 0 Å². The van der Waals surface area contributed by atoms with Gasteiger partial charge in [0.15, 0.2) is 11.5 Å². The van der Waals surface area contributed by atoms with E-state index in [1.54, 1.807) is 12.7 Å². The maximum absolute atomic E-state index is 4.44. The molecule has 1 fully saturated rings. The van der Waals surface area contributed by atoms with Crippen LogP contribution in [0.4, 0.5) is 5.82 Å². The second kappa shape index (κ2) is 5.52. The number of fused-ring (bicyclic) bond motifs is 1. The lowest BCUT2D eigenvalue weighted by molar-refractivity contribution is 0.377. The van der Waals surface area contributed by atoms with Gasteiger partial charge >= 0.3 is 0 Å². The Morgan fingerprint density at radius 3 is 3.11 bits per heavy atom. The SMILES string of the molecule is CCN(CC1CCCNC1)c1ncnc2nc[nH]c12. The van der Waals surface area contributed by atoms with Gasteiger partial charge in [-0.3, -0.25) is 0 Å². The third-order valence-electron chi connectivity index (χ3n) is 3.76. The van der Waals surface area contributed by atoms with Crippen LogP contribution in [0.15, 0.2) is 12.7 Å². The van der Waals surface area contributed by atoms with Gasteiger partial charge in [0, 0.05) is 13.1 Å². The Labute approximate surface area is 112 Å². The van der Waals surface area contributed by atoms with Crippen LogP contribution in [0, 0.1) is 5.92 Å². The standard InChI is InChI=1S/C13H20N6/c1-2-19(7-10-4-3-5-14-6-10)13-11-12(16-8-15-11)17-9-18-13/h8-10,14H,2-7H2,1H3,(H,15,16,17,18). The van der Waals surface area contributed by atoms with E-state index in [0.29, 0.717) is 5.92 Å². The van der Waals surface area contributed by atoms with Gasteiger partial charge in [0.2, 0.25) is 0 Å². The van der Waals surface area contributed by atoms with Crippen molar-refractivity contribution in [3.8, 4) is 0 Å². The molecular formula is C13H20N6. The van der Waals surface area contributed by atoms with Gasteiger partial charge in [-0.25, -0.2) is 15.0 Å². The van der Waals surface area contributed by atoms with Crippen molar-refractivity contribution in [1.82, 2.24) is 25.3 Å². The van der Waals surface area contributed by atoms with Crippen LogP contribution in [0.5, 0.6) is 0 Å². The van der Waals surface area contributed by atoms with Crippen LogP contribution >= 0.6 is 0 Å². The first-order valence-electron chi connectivity index (χ1n) is 6.98.